The first-order valence-electron chi connectivity index (χ1n) is 11.8. The maximum Gasteiger partial charge on any atom is 0.343 e. The molecule has 194 valence electrons. The highest BCUT2D eigenvalue weighted by molar-refractivity contribution is 6.02. The Kier molecular flexibility index (Phi) is 7.61. The van der Waals surface area contributed by atoms with Gasteiger partial charge >= 0.3 is 11.9 Å². The lowest BCUT2D eigenvalue weighted by Crippen LogP contribution is -2.28. The standard InChI is InChI=1S/C28H24N2O8/c1-17-4-3-5-18(2)26(17)29-15-21(14-25(29)32)27(33)37-16-24(31)19-8-12-23(13-9-19)38-28(34)20-6-10-22(11-7-20)30(35)36/h3-13,21H,14-16H2,1-2H3/t21-/m1/s1. The minimum absolute atomic E-state index is 0.00955. The second-order valence-corrected chi connectivity index (χ2v) is 8.89. The van der Waals surface area contributed by atoms with E-state index >= 15 is 0 Å². The zero-order chi connectivity index (χ0) is 27.4. The molecule has 0 saturated carbocycles. The number of non-ortho nitro benzene ring substituents is 1. The summed E-state index contributed by atoms with van der Waals surface area (Å²) in [5.41, 5.74) is 2.88. The molecular formula is C28H24N2O8. The molecule has 0 N–H and O–H groups in total. The van der Waals surface area contributed by atoms with E-state index in [2.05, 4.69) is 0 Å². The van der Waals surface area contributed by atoms with Gasteiger partial charge in [0.2, 0.25) is 5.91 Å². The van der Waals surface area contributed by atoms with Gasteiger partial charge in [0, 0.05) is 36.3 Å². The van der Waals surface area contributed by atoms with E-state index in [0.717, 1.165) is 16.8 Å². The Hall–Kier alpha value is -4.86. The Morgan fingerprint density at radius 1 is 0.947 bits per heavy atom. The number of Topliss-reactive ketones (excluding diaryl/α,β-unsaturated/α-hetero) is 1. The van der Waals surface area contributed by atoms with Crippen molar-refractivity contribution in [1.82, 2.24) is 0 Å². The number of rotatable bonds is 8. The molecule has 0 aromatic heterocycles. The van der Waals surface area contributed by atoms with Crippen LogP contribution in [0.4, 0.5) is 11.4 Å². The summed E-state index contributed by atoms with van der Waals surface area (Å²) in [6.07, 6.45) is 0.00955. The molecule has 0 aliphatic carbocycles. The summed E-state index contributed by atoms with van der Waals surface area (Å²) in [4.78, 5) is 61.7. The normalized spacial score (nSPS) is 14.7. The van der Waals surface area contributed by atoms with Gasteiger partial charge < -0.3 is 14.4 Å². The summed E-state index contributed by atoms with van der Waals surface area (Å²) in [5.74, 6) is -2.46. The molecule has 10 heteroatoms. The van der Waals surface area contributed by atoms with Crippen LogP contribution in [0.3, 0.4) is 0 Å². The highest BCUT2D eigenvalue weighted by Gasteiger charge is 2.37. The Morgan fingerprint density at radius 3 is 2.16 bits per heavy atom. The van der Waals surface area contributed by atoms with Crippen molar-refractivity contribution in [2.75, 3.05) is 18.1 Å². The molecule has 1 heterocycles. The first-order valence-corrected chi connectivity index (χ1v) is 11.8. The van der Waals surface area contributed by atoms with Gasteiger partial charge in [-0.2, -0.15) is 0 Å². The lowest BCUT2D eigenvalue weighted by Gasteiger charge is -2.21. The van der Waals surface area contributed by atoms with Crippen LogP contribution in [-0.4, -0.2) is 41.7 Å². The summed E-state index contributed by atoms with van der Waals surface area (Å²) in [5, 5.41) is 10.7. The summed E-state index contributed by atoms with van der Waals surface area (Å²) in [7, 11) is 0. The summed E-state index contributed by atoms with van der Waals surface area (Å²) in [6, 6.07) is 16.4. The number of benzene rings is 3. The first-order chi connectivity index (χ1) is 18.1. The van der Waals surface area contributed by atoms with Crippen LogP contribution >= 0.6 is 0 Å². The number of hydrogen-bond donors (Lipinski definition) is 0. The van der Waals surface area contributed by atoms with Crippen molar-refractivity contribution in [1.29, 1.82) is 0 Å². The van der Waals surface area contributed by atoms with Crippen LogP contribution in [0, 0.1) is 29.9 Å². The highest BCUT2D eigenvalue weighted by atomic mass is 16.6. The van der Waals surface area contributed by atoms with E-state index in [1.807, 2.05) is 32.0 Å². The van der Waals surface area contributed by atoms with E-state index in [1.165, 1.54) is 48.5 Å². The zero-order valence-corrected chi connectivity index (χ0v) is 20.7. The predicted octanol–water partition coefficient (Wildman–Crippen LogP) is 4.21. The number of carbonyl (C=O) groups is 4. The molecule has 0 bridgehead atoms. The van der Waals surface area contributed by atoms with Gasteiger partial charge in [-0.25, -0.2) is 4.79 Å². The molecule has 1 atom stereocenters. The van der Waals surface area contributed by atoms with E-state index in [4.69, 9.17) is 9.47 Å². The lowest BCUT2D eigenvalue weighted by molar-refractivity contribution is -0.384. The SMILES string of the molecule is Cc1cccc(C)c1N1C[C@H](C(=O)OCC(=O)c2ccc(OC(=O)c3ccc([N+](=O)[O-])cc3)cc2)CC1=O. The number of amides is 1. The number of ketones is 1. The molecule has 1 amide bonds. The molecule has 38 heavy (non-hydrogen) atoms. The summed E-state index contributed by atoms with van der Waals surface area (Å²) >= 11 is 0. The summed E-state index contributed by atoms with van der Waals surface area (Å²) in [6.45, 7) is 3.50. The van der Waals surface area contributed by atoms with Gasteiger partial charge in [-0.3, -0.25) is 24.5 Å². The smallest absolute Gasteiger partial charge is 0.343 e. The monoisotopic (exact) mass is 516 g/mol. The lowest BCUT2D eigenvalue weighted by atomic mass is 10.1. The van der Waals surface area contributed by atoms with Crippen molar-refractivity contribution < 1.29 is 33.6 Å². The zero-order valence-electron chi connectivity index (χ0n) is 20.7. The number of anilines is 1. The number of aryl methyl sites for hydroxylation is 2. The van der Waals surface area contributed by atoms with Crippen molar-refractivity contribution in [3.63, 3.8) is 0 Å². The molecular weight excluding hydrogens is 492 g/mol. The molecule has 0 spiro atoms. The maximum absolute atomic E-state index is 12.6. The van der Waals surface area contributed by atoms with E-state index < -0.39 is 35.2 Å². The number of esters is 2. The highest BCUT2D eigenvalue weighted by Crippen LogP contribution is 2.31. The van der Waals surface area contributed by atoms with Gasteiger partial charge in [0.1, 0.15) is 5.75 Å². The molecule has 1 fully saturated rings. The fourth-order valence-corrected chi connectivity index (χ4v) is 4.24. The molecule has 1 aliphatic heterocycles. The van der Waals surface area contributed by atoms with Crippen LogP contribution in [-0.2, 0) is 14.3 Å². The Morgan fingerprint density at radius 2 is 1.55 bits per heavy atom. The number of nitro groups is 1. The van der Waals surface area contributed by atoms with E-state index in [0.29, 0.717) is 0 Å². The molecule has 4 rings (SSSR count). The second-order valence-electron chi connectivity index (χ2n) is 8.89. The van der Waals surface area contributed by atoms with Gasteiger partial charge in [0.15, 0.2) is 12.4 Å². The Labute approximate surface area is 217 Å². The fraction of sp³-hybridized carbons (Fsp3) is 0.214. The van der Waals surface area contributed by atoms with Crippen molar-refractivity contribution >= 4 is 35.0 Å². The van der Waals surface area contributed by atoms with E-state index in [-0.39, 0.29) is 41.4 Å². The third-order valence-electron chi connectivity index (χ3n) is 6.21. The quantitative estimate of drug-likeness (QED) is 0.143. The first kappa shape index (κ1) is 26.2. The maximum atomic E-state index is 12.6. The van der Waals surface area contributed by atoms with Crippen LogP contribution in [0.15, 0.2) is 66.7 Å². The second kappa shape index (κ2) is 11.0. The molecule has 0 radical (unpaired) electrons. The van der Waals surface area contributed by atoms with Crippen LogP contribution in [0.5, 0.6) is 5.75 Å². The minimum atomic E-state index is -0.714. The van der Waals surface area contributed by atoms with Crippen molar-refractivity contribution in [2.24, 2.45) is 5.92 Å². The minimum Gasteiger partial charge on any atom is -0.457 e. The Balaban J connectivity index is 1.30. The van der Waals surface area contributed by atoms with Gasteiger partial charge in [0.25, 0.3) is 5.69 Å². The molecule has 0 unspecified atom stereocenters. The van der Waals surface area contributed by atoms with Gasteiger partial charge in [-0.1, -0.05) is 18.2 Å². The average molecular weight is 517 g/mol. The Bertz CT molecular complexity index is 1390. The predicted molar refractivity (Wildman–Crippen MR) is 136 cm³/mol. The average Bonchev–Trinajstić information content (AvgIpc) is 3.28. The molecule has 1 aliphatic rings. The van der Waals surface area contributed by atoms with E-state index in [1.54, 1.807) is 4.90 Å². The van der Waals surface area contributed by atoms with Gasteiger partial charge in [0.05, 0.1) is 16.4 Å². The molecule has 3 aromatic carbocycles. The van der Waals surface area contributed by atoms with E-state index in [9.17, 15) is 29.3 Å². The number of para-hydroxylation sites is 1. The van der Waals surface area contributed by atoms with Crippen LogP contribution in [0.25, 0.3) is 0 Å². The summed E-state index contributed by atoms with van der Waals surface area (Å²) < 4.78 is 10.4. The number of nitrogens with zero attached hydrogens (tertiary/aromatic N) is 2. The number of ether oxygens (including phenoxy) is 2. The molecule has 10 nitrogen and oxygen atoms in total. The van der Waals surface area contributed by atoms with Crippen LogP contribution in [0.1, 0.15) is 38.3 Å². The largest absolute Gasteiger partial charge is 0.457 e. The molecule has 1 saturated heterocycles. The van der Waals surface area contributed by atoms with Crippen molar-refractivity contribution in [3.05, 3.63) is 99.1 Å². The fourth-order valence-electron chi connectivity index (χ4n) is 4.24. The third kappa shape index (κ3) is 5.75. The van der Waals surface area contributed by atoms with Crippen LogP contribution < -0.4 is 9.64 Å². The van der Waals surface area contributed by atoms with Gasteiger partial charge in [-0.15, -0.1) is 0 Å². The van der Waals surface area contributed by atoms with Crippen molar-refractivity contribution in [3.8, 4) is 5.75 Å². The number of hydrogen-bond acceptors (Lipinski definition) is 8. The molecule has 3 aromatic rings. The number of carbonyl (C=O) groups excluding carboxylic acids is 4. The van der Waals surface area contributed by atoms with Gasteiger partial charge in [-0.05, 0) is 61.4 Å². The topological polar surface area (TPSA) is 133 Å². The van der Waals surface area contributed by atoms with Crippen LogP contribution in [0.2, 0.25) is 0 Å². The number of nitro benzene ring substituents is 1. The van der Waals surface area contributed by atoms with Crippen molar-refractivity contribution in [2.45, 2.75) is 20.3 Å². The third-order valence-corrected chi connectivity index (χ3v) is 6.21.